The van der Waals surface area contributed by atoms with Crippen molar-refractivity contribution < 1.29 is 14.7 Å². The molecule has 0 aromatic rings. The zero-order chi connectivity index (χ0) is 8.97. The lowest BCUT2D eigenvalue weighted by molar-refractivity contribution is -0.138. The third-order valence-electron chi connectivity index (χ3n) is 1.46. The van der Waals surface area contributed by atoms with Crippen LogP contribution in [0.15, 0.2) is 29.5 Å². The molecule has 3 nitrogen and oxygen atoms in total. The molecule has 0 bridgehead atoms. The van der Waals surface area contributed by atoms with Gasteiger partial charge in [-0.2, -0.15) is 0 Å². The van der Waals surface area contributed by atoms with Crippen molar-refractivity contribution in [3.8, 4) is 0 Å². The smallest absolute Gasteiger partial charge is 0.303 e. The van der Waals surface area contributed by atoms with Crippen LogP contribution in [-0.4, -0.2) is 16.9 Å². The first-order valence-corrected chi connectivity index (χ1v) is 3.58. The topological polar surface area (TPSA) is 54.4 Å². The van der Waals surface area contributed by atoms with Gasteiger partial charge in [-0.15, -0.1) is 5.73 Å². The van der Waals surface area contributed by atoms with Crippen LogP contribution in [0.4, 0.5) is 0 Å². The standard InChI is InChI=1S/C9H8O3/c10-8(5-6-9(11)12)7-3-1-2-4-7/h1-3H,5-6H2,(H,11,12). The number of carboxylic acids is 1. The molecule has 0 fully saturated rings. The van der Waals surface area contributed by atoms with Gasteiger partial charge in [-0.05, 0) is 12.2 Å². The van der Waals surface area contributed by atoms with Gasteiger partial charge in [0.05, 0.1) is 12.0 Å². The Morgan fingerprint density at radius 3 is 2.67 bits per heavy atom. The molecule has 62 valence electrons. The molecule has 0 radical (unpaired) electrons. The minimum absolute atomic E-state index is 0.0514. The highest BCUT2D eigenvalue weighted by Gasteiger charge is 2.09. The molecule has 0 aromatic heterocycles. The van der Waals surface area contributed by atoms with Crippen molar-refractivity contribution in [3.63, 3.8) is 0 Å². The van der Waals surface area contributed by atoms with E-state index in [-0.39, 0.29) is 18.6 Å². The zero-order valence-electron chi connectivity index (χ0n) is 6.41. The Morgan fingerprint density at radius 1 is 1.42 bits per heavy atom. The molecule has 0 atom stereocenters. The van der Waals surface area contributed by atoms with E-state index in [0.717, 1.165) is 0 Å². The number of hydrogen-bond donors (Lipinski definition) is 1. The monoisotopic (exact) mass is 164 g/mol. The van der Waals surface area contributed by atoms with Gasteiger partial charge in [0, 0.05) is 6.42 Å². The maximum atomic E-state index is 11.1. The minimum atomic E-state index is -0.949. The van der Waals surface area contributed by atoms with Gasteiger partial charge in [0.1, 0.15) is 0 Å². The van der Waals surface area contributed by atoms with Crippen molar-refractivity contribution in [2.24, 2.45) is 0 Å². The van der Waals surface area contributed by atoms with Gasteiger partial charge in [-0.1, -0.05) is 6.08 Å². The lowest BCUT2D eigenvalue weighted by Crippen LogP contribution is -2.03. The van der Waals surface area contributed by atoms with Crippen LogP contribution < -0.4 is 0 Å². The van der Waals surface area contributed by atoms with Gasteiger partial charge in [-0.25, -0.2) is 0 Å². The first kappa shape index (κ1) is 8.50. The van der Waals surface area contributed by atoms with Crippen LogP contribution in [0.5, 0.6) is 0 Å². The summed E-state index contributed by atoms with van der Waals surface area (Å²) in [6.45, 7) is 0. The lowest BCUT2D eigenvalue weighted by atomic mass is 10.1. The Morgan fingerprint density at radius 2 is 2.17 bits per heavy atom. The zero-order valence-corrected chi connectivity index (χ0v) is 6.41. The Balaban J connectivity index is 2.45. The molecule has 0 spiro atoms. The molecular weight excluding hydrogens is 156 g/mol. The summed E-state index contributed by atoms with van der Waals surface area (Å²) in [5, 5.41) is 8.30. The predicted octanol–water partition coefficient (Wildman–Crippen LogP) is 1.07. The fourth-order valence-corrected chi connectivity index (χ4v) is 0.859. The minimum Gasteiger partial charge on any atom is -0.481 e. The molecule has 0 aromatic carbocycles. The normalized spacial score (nSPS) is 13.2. The molecule has 1 aliphatic carbocycles. The van der Waals surface area contributed by atoms with Crippen LogP contribution in [0.1, 0.15) is 12.8 Å². The molecule has 0 saturated carbocycles. The quantitative estimate of drug-likeness (QED) is 0.632. The second kappa shape index (κ2) is 3.69. The number of rotatable bonds is 4. The number of carbonyl (C=O) groups excluding carboxylic acids is 1. The second-order valence-corrected chi connectivity index (χ2v) is 2.40. The highest BCUT2D eigenvalue weighted by Crippen LogP contribution is 2.07. The summed E-state index contributed by atoms with van der Waals surface area (Å²) in [7, 11) is 0. The SMILES string of the molecule is O=C(O)CCC(=O)C1=C=CC=C1. The number of Topliss-reactive ketones (excluding diaryl/α,β-unsaturated/α-hetero) is 1. The first-order valence-electron chi connectivity index (χ1n) is 3.58. The molecule has 1 rings (SSSR count). The number of hydrogen-bond acceptors (Lipinski definition) is 2. The summed E-state index contributed by atoms with van der Waals surface area (Å²) >= 11 is 0. The Labute approximate surface area is 69.7 Å². The average molecular weight is 164 g/mol. The van der Waals surface area contributed by atoms with Crippen molar-refractivity contribution in [3.05, 3.63) is 29.5 Å². The molecule has 0 saturated heterocycles. The highest BCUT2D eigenvalue weighted by atomic mass is 16.4. The van der Waals surface area contributed by atoms with Crippen molar-refractivity contribution >= 4 is 11.8 Å². The van der Waals surface area contributed by atoms with Crippen molar-refractivity contribution in [2.45, 2.75) is 12.8 Å². The van der Waals surface area contributed by atoms with E-state index in [4.69, 9.17) is 5.11 Å². The van der Waals surface area contributed by atoms with Gasteiger partial charge in [0.2, 0.25) is 0 Å². The van der Waals surface area contributed by atoms with Gasteiger partial charge in [0.25, 0.3) is 0 Å². The molecule has 0 heterocycles. The average Bonchev–Trinajstić information content (AvgIpc) is 2.51. The molecule has 1 N–H and O–H groups in total. The fraction of sp³-hybridized carbons (Fsp3) is 0.222. The third kappa shape index (κ3) is 2.22. The maximum Gasteiger partial charge on any atom is 0.303 e. The summed E-state index contributed by atoms with van der Waals surface area (Å²) in [6.07, 6.45) is 4.90. The maximum absolute atomic E-state index is 11.1. The van der Waals surface area contributed by atoms with Gasteiger partial charge in [0.15, 0.2) is 5.78 Å². The first-order chi connectivity index (χ1) is 5.70. The van der Waals surface area contributed by atoms with E-state index in [1.54, 1.807) is 18.2 Å². The van der Waals surface area contributed by atoms with Gasteiger partial charge < -0.3 is 5.11 Å². The summed E-state index contributed by atoms with van der Waals surface area (Å²) in [5.74, 6) is -1.11. The summed E-state index contributed by atoms with van der Waals surface area (Å²) in [6, 6.07) is 0. The summed E-state index contributed by atoms with van der Waals surface area (Å²) in [5.41, 5.74) is 3.19. The third-order valence-corrected chi connectivity index (χ3v) is 1.46. The number of carbonyl (C=O) groups is 2. The van der Waals surface area contributed by atoms with Crippen LogP contribution in [-0.2, 0) is 9.59 Å². The number of aliphatic carboxylic acids is 1. The number of ketones is 1. The molecule has 3 heteroatoms. The van der Waals surface area contributed by atoms with Crippen LogP contribution in [0.2, 0.25) is 0 Å². The second-order valence-electron chi connectivity index (χ2n) is 2.40. The lowest BCUT2D eigenvalue weighted by Gasteiger charge is -1.93. The number of carboxylic acid groups (broad SMARTS) is 1. The van der Waals surface area contributed by atoms with Crippen LogP contribution in [0, 0.1) is 0 Å². The molecule has 0 amide bonds. The van der Waals surface area contributed by atoms with Crippen molar-refractivity contribution in [2.75, 3.05) is 0 Å². The largest absolute Gasteiger partial charge is 0.481 e. The van der Waals surface area contributed by atoms with E-state index in [0.29, 0.717) is 5.57 Å². The molecule has 0 unspecified atom stereocenters. The van der Waals surface area contributed by atoms with E-state index < -0.39 is 5.97 Å². The Hall–Kier alpha value is -1.60. The van der Waals surface area contributed by atoms with E-state index in [2.05, 4.69) is 5.73 Å². The van der Waals surface area contributed by atoms with Crippen molar-refractivity contribution in [1.29, 1.82) is 0 Å². The van der Waals surface area contributed by atoms with Crippen LogP contribution >= 0.6 is 0 Å². The molecule has 12 heavy (non-hydrogen) atoms. The Kier molecular flexibility index (Phi) is 2.62. The highest BCUT2D eigenvalue weighted by molar-refractivity contribution is 5.99. The van der Waals surface area contributed by atoms with E-state index in [9.17, 15) is 9.59 Å². The predicted molar refractivity (Wildman–Crippen MR) is 42.6 cm³/mol. The van der Waals surface area contributed by atoms with Crippen molar-refractivity contribution in [1.82, 2.24) is 0 Å². The summed E-state index contributed by atoms with van der Waals surface area (Å²) < 4.78 is 0. The van der Waals surface area contributed by atoms with Gasteiger partial charge >= 0.3 is 5.97 Å². The van der Waals surface area contributed by atoms with E-state index >= 15 is 0 Å². The molecule has 0 aliphatic heterocycles. The molecular formula is C9H8O3. The van der Waals surface area contributed by atoms with Gasteiger partial charge in [-0.3, -0.25) is 9.59 Å². The van der Waals surface area contributed by atoms with E-state index in [1.807, 2.05) is 0 Å². The Bertz CT molecular complexity index is 304. The van der Waals surface area contributed by atoms with Crippen LogP contribution in [0.25, 0.3) is 0 Å². The van der Waals surface area contributed by atoms with Crippen LogP contribution in [0.3, 0.4) is 0 Å². The number of allylic oxidation sites excluding steroid dienone is 3. The molecule has 1 aliphatic rings. The fourth-order valence-electron chi connectivity index (χ4n) is 0.859. The summed E-state index contributed by atoms with van der Waals surface area (Å²) in [4.78, 5) is 21.2. The van der Waals surface area contributed by atoms with E-state index in [1.165, 1.54) is 0 Å².